The van der Waals surface area contributed by atoms with Crippen LogP contribution in [0.5, 0.6) is 0 Å². The van der Waals surface area contributed by atoms with Crippen molar-refractivity contribution in [2.24, 2.45) is 0 Å². The van der Waals surface area contributed by atoms with Gasteiger partial charge in [-0.15, -0.1) is 0 Å². The molecule has 1 aromatic carbocycles. The van der Waals surface area contributed by atoms with Gasteiger partial charge >= 0.3 is 5.97 Å². The minimum absolute atomic E-state index is 0.0907. The topological polar surface area (TPSA) is 57.6 Å². The summed E-state index contributed by atoms with van der Waals surface area (Å²) in [5.74, 6) is -0.873. The molecule has 0 spiro atoms. The van der Waals surface area contributed by atoms with Crippen LogP contribution in [0, 0.1) is 0 Å². The van der Waals surface area contributed by atoms with E-state index >= 15 is 0 Å². The summed E-state index contributed by atoms with van der Waals surface area (Å²) in [7, 11) is 0. The summed E-state index contributed by atoms with van der Waals surface area (Å²) in [6.07, 6.45) is 1.59. The molecule has 0 saturated heterocycles. The first-order valence-corrected chi connectivity index (χ1v) is 6.70. The molecule has 2 atom stereocenters. The number of carbonyl (C=O) groups is 2. The van der Waals surface area contributed by atoms with Crippen molar-refractivity contribution in [3.05, 3.63) is 29.8 Å². The Morgan fingerprint density at radius 2 is 2.16 bits per heavy atom. The number of anilines is 1. The van der Waals surface area contributed by atoms with Crippen LogP contribution in [0.25, 0.3) is 0 Å². The summed E-state index contributed by atoms with van der Waals surface area (Å²) < 4.78 is 0. The number of fused-ring (bicyclic) bond motifs is 1. The fourth-order valence-electron chi connectivity index (χ4n) is 2.71. The number of rotatable bonds is 4. The highest BCUT2D eigenvalue weighted by Crippen LogP contribution is 2.37. The lowest BCUT2D eigenvalue weighted by molar-refractivity contribution is -0.140. The molecule has 1 N–H and O–H groups in total. The third kappa shape index (κ3) is 2.48. The van der Waals surface area contributed by atoms with Crippen LogP contribution < -0.4 is 4.90 Å². The first-order chi connectivity index (χ1) is 9.06. The number of aliphatic carboxylic acids is 1. The van der Waals surface area contributed by atoms with Gasteiger partial charge in [0.2, 0.25) is 5.91 Å². The zero-order valence-electron chi connectivity index (χ0n) is 11.3. The molecule has 102 valence electrons. The summed E-state index contributed by atoms with van der Waals surface area (Å²) >= 11 is 0. The van der Waals surface area contributed by atoms with E-state index < -0.39 is 12.0 Å². The number of nitrogens with zero attached hydrogens (tertiary/aromatic N) is 1. The van der Waals surface area contributed by atoms with Crippen molar-refractivity contribution >= 4 is 17.6 Å². The van der Waals surface area contributed by atoms with Crippen LogP contribution in [0.4, 0.5) is 5.69 Å². The van der Waals surface area contributed by atoms with Gasteiger partial charge in [0.05, 0.1) is 0 Å². The van der Waals surface area contributed by atoms with Crippen LogP contribution in [-0.2, 0) is 9.59 Å². The van der Waals surface area contributed by atoms with E-state index in [0.717, 1.165) is 17.7 Å². The monoisotopic (exact) mass is 261 g/mol. The summed E-state index contributed by atoms with van der Waals surface area (Å²) in [6.45, 7) is 3.93. The Morgan fingerprint density at radius 1 is 1.47 bits per heavy atom. The van der Waals surface area contributed by atoms with Crippen LogP contribution >= 0.6 is 0 Å². The van der Waals surface area contributed by atoms with E-state index in [0.29, 0.717) is 12.8 Å². The summed E-state index contributed by atoms with van der Waals surface area (Å²) in [5.41, 5.74) is 1.82. The number of carboxylic acid groups (broad SMARTS) is 1. The van der Waals surface area contributed by atoms with E-state index in [2.05, 4.69) is 0 Å². The van der Waals surface area contributed by atoms with Gasteiger partial charge < -0.3 is 5.11 Å². The Balaban J connectivity index is 2.46. The van der Waals surface area contributed by atoms with E-state index in [1.807, 2.05) is 38.1 Å². The second kappa shape index (κ2) is 5.43. The van der Waals surface area contributed by atoms with E-state index in [4.69, 9.17) is 0 Å². The van der Waals surface area contributed by atoms with Gasteiger partial charge in [0.25, 0.3) is 0 Å². The Morgan fingerprint density at radius 3 is 2.79 bits per heavy atom. The van der Waals surface area contributed by atoms with Gasteiger partial charge in [-0.1, -0.05) is 38.5 Å². The number of carboxylic acids is 1. The van der Waals surface area contributed by atoms with Gasteiger partial charge in [-0.3, -0.25) is 9.69 Å². The molecule has 2 unspecified atom stereocenters. The third-order valence-corrected chi connectivity index (χ3v) is 3.64. The maximum Gasteiger partial charge on any atom is 0.326 e. The molecule has 4 heteroatoms. The SMILES string of the molecule is CCCC(C(=O)O)N1C(=O)CC(C)c2ccccc21. The molecule has 0 saturated carbocycles. The normalized spacial score (nSPS) is 20.0. The van der Waals surface area contributed by atoms with Crippen LogP contribution in [-0.4, -0.2) is 23.0 Å². The Bertz CT molecular complexity index is 498. The maximum absolute atomic E-state index is 12.3. The highest BCUT2D eigenvalue weighted by Gasteiger charge is 2.36. The molecule has 4 nitrogen and oxygen atoms in total. The number of hydrogen-bond acceptors (Lipinski definition) is 2. The van der Waals surface area contributed by atoms with Gasteiger partial charge in [-0.05, 0) is 24.0 Å². The fraction of sp³-hybridized carbons (Fsp3) is 0.467. The standard InChI is InChI=1S/C15H19NO3/c1-3-6-13(15(18)19)16-12-8-5-4-7-11(12)10(2)9-14(16)17/h4-5,7-8,10,13H,3,6,9H2,1-2H3,(H,18,19). The smallest absolute Gasteiger partial charge is 0.326 e. The Labute approximate surface area is 113 Å². The minimum atomic E-state index is -0.931. The molecular weight excluding hydrogens is 242 g/mol. The second-order valence-electron chi connectivity index (χ2n) is 5.07. The Kier molecular flexibility index (Phi) is 3.88. The lowest BCUT2D eigenvalue weighted by atomic mass is 9.89. The first kappa shape index (κ1) is 13.6. The zero-order valence-corrected chi connectivity index (χ0v) is 11.3. The molecule has 19 heavy (non-hydrogen) atoms. The van der Waals surface area contributed by atoms with Crippen molar-refractivity contribution < 1.29 is 14.7 Å². The lowest BCUT2D eigenvalue weighted by Gasteiger charge is -2.36. The molecule has 0 aromatic heterocycles. The van der Waals surface area contributed by atoms with Gasteiger partial charge in [0.1, 0.15) is 6.04 Å². The molecule has 1 amide bonds. The largest absolute Gasteiger partial charge is 0.480 e. The van der Waals surface area contributed by atoms with Gasteiger partial charge in [-0.2, -0.15) is 0 Å². The van der Waals surface area contributed by atoms with Gasteiger partial charge in [-0.25, -0.2) is 4.79 Å². The average Bonchev–Trinajstić information content (AvgIpc) is 2.37. The molecule has 0 radical (unpaired) electrons. The van der Waals surface area contributed by atoms with E-state index in [9.17, 15) is 14.7 Å². The summed E-state index contributed by atoms with van der Waals surface area (Å²) in [5, 5.41) is 9.37. The molecule has 1 heterocycles. The highest BCUT2D eigenvalue weighted by atomic mass is 16.4. The van der Waals surface area contributed by atoms with Crippen LogP contribution in [0.2, 0.25) is 0 Å². The van der Waals surface area contributed by atoms with Crippen molar-refractivity contribution in [3.63, 3.8) is 0 Å². The quantitative estimate of drug-likeness (QED) is 0.906. The predicted octanol–water partition coefficient (Wildman–Crippen LogP) is 2.78. The van der Waals surface area contributed by atoms with Crippen molar-refractivity contribution in [1.82, 2.24) is 0 Å². The average molecular weight is 261 g/mol. The molecule has 1 aliphatic heterocycles. The second-order valence-corrected chi connectivity index (χ2v) is 5.07. The molecule has 0 bridgehead atoms. The highest BCUT2D eigenvalue weighted by molar-refractivity contribution is 6.02. The molecule has 1 aliphatic rings. The molecule has 1 aromatic rings. The molecule has 0 fully saturated rings. The van der Waals surface area contributed by atoms with Crippen molar-refractivity contribution in [1.29, 1.82) is 0 Å². The van der Waals surface area contributed by atoms with Crippen LogP contribution in [0.15, 0.2) is 24.3 Å². The molecule has 0 aliphatic carbocycles. The summed E-state index contributed by atoms with van der Waals surface area (Å²) in [4.78, 5) is 25.2. The van der Waals surface area contributed by atoms with E-state index in [-0.39, 0.29) is 11.8 Å². The fourth-order valence-corrected chi connectivity index (χ4v) is 2.71. The predicted molar refractivity (Wildman–Crippen MR) is 73.3 cm³/mol. The van der Waals surface area contributed by atoms with Crippen molar-refractivity contribution in [3.8, 4) is 0 Å². The third-order valence-electron chi connectivity index (χ3n) is 3.64. The van der Waals surface area contributed by atoms with Crippen LogP contribution in [0.1, 0.15) is 44.6 Å². The van der Waals surface area contributed by atoms with Crippen molar-refractivity contribution in [2.45, 2.75) is 45.1 Å². The number of carbonyl (C=O) groups excluding carboxylic acids is 1. The molecular formula is C15H19NO3. The maximum atomic E-state index is 12.3. The minimum Gasteiger partial charge on any atom is -0.480 e. The summed E-state index contributed by atoms with van der Waals surface area (Å²) in [6, 6.07) is 6.84. The number of amides is 1. The first-order valence-electron chi connectivity index (χ1n) is 6.70. The number of hydrogen-bond donors (Lipinski definition) is 1. The van der Waals surface area contributed by atoms with E-state index in [1.54, 1.807) is 0 Å². The van der Waals surface area contributed by atoms with Crippen LogP contribution in [0.3, 0.4) is 0 Å². The zero-order chi connectivity index (χ0) is 14.0. The number of para-hydroxylation sites is 1. The Hall–Kier alpha value is -1.84. The molecule has 2 rings (SSSR count). The lowest BCUT2D eigenvalue weighted by Crippen LogP contribution is -2.48. The number of benzene rings is 1. The van der Waals surface area contributed by atoms with E-state index in [1.165, 1.54) is 4.90 Å². The van der Waals surface area contributed by atoms with Crippen molar-refractivity contribution in [2.75, 3.05) is 4.90 Å². The van der Waals surface area contributed by atoms with Gasteiger partial charge in [0, 0.05) is 12.1 Å². The van der Waals surface area contributed by atoms with Gasteiger partial charge in [0.15, 0.2) is 0 Å².